The normalized spacial score (nSPS) is 9.88. The summed E-state index contributed by atoms with van der Waals surface area (Å²) in [6.45, 7) is 1.92. The van der Waals surface area contributed by atoms with Crippen LogP contribution in [0.4, 0.5) is 4.39 Å². The number of rotatable bonds is 5. The van der Waals surface area contributed by atoms with Crippen LogP contribution in [0.3, 0.4) is 0 Å². The van der Waals surface area contributed by atoms with E-state index in [4.69, 9.17) is 0 Å². The lowest BCUT2D eigenvalue weighted by Gasteiger charge is -2.01. The van der Waals surface area contributed by atoms with Gasteiger partial charge in [0.05, 0.1) is 12.8 Å². The highest BCUT2D eigenvalue weighted by Gasteiger charge is 2.11. The summed E-state index contributed by atoms with van der Waals surface area (Å²) >= 11 is 0. The maximum atomic E-state index is 12.5. The molecular formula is C11H12FNO3. The molecule has 1 aromatic heterocycles. The number of aromatic nitrogens is 1. The van der Waals surface area contributed by atoms with Crippen LogP contribution in [-0.2, 0) is 20.7 Å². The van der Waals surface area contributed by atoms with Crippen LogP contribution >= 0.6 is 0 Å². The average Bonchev–Trinajstić information content (AvgIpc) is 2.21. The van der Waals surface area contributed by atoms with Gasteiger partial charge in [-0.1, -0.05) is 0 Å². The molecule has 0 N–H and O–H groups in total. The van der Waals surface area contributed by atoms with E-state index in [-0.39, 0.29) is 25.2 Å². The molecule has 0 fully saturated rings. The van der Waals surface area contributed by atoms with Crippen LogP contribution in [0.1, 0.15) is 19.0 Å². The van der Waals surface area contributed by atoms with Crippen molar-refractivity contribution < 1.29 is 18.7 Å². The van der Waals surface area contributed by atoms with Gasteiger partial charge in [0.15, 0.2) is 0 Å². The summed E-state index contributed by atoms with van der Waals surface area (Å²) < 4.78 is 17.1. The first-order valence-corrected chi connectivity index (χ1v) is 4.89. The Bertz CT molecular complexity index is 375. The molecule has 1 aromatic rings. The minimum Gasteiger partial charge on any atom is -0.466 e. The van der Waals surface area contributed by atoms with Gasteiger partial charge in [-0.05, 0) is 19.1 Å². The molecule has 0 aliphatic rings. The zero-order chi connectivity index (χ0) is 12.0. The van der Waals surface area contributed by atoms with Gasteiger partial charge in [-0.3, -0.25) is 14.6 Å². The van der Waals surface area contributed by atoms with Crippen molar-refractivity contribution in [2.24, 2.45) is 0 Å². The van der Waals surface area contributed by atoms with E-state index in [9.17, 15) is 14.0 Å². The molecule has 0 bridgehead atoms. The number of Topliss-reactive ketones (excluding diaryl/α,β-unsaturated/α-hetero) is 1. The van der Waals surface area contributed by atoms with Gasteiger partial charge in [-0.25, -0.2) is 4.39 Å². The number of pyridine rings is 1. The SMILES string of the molecule is CCOC(=O)CC(=O)Cc1ccc(F)cn1. The molecule has 4 nitrogen and oxygen atoms in total. The summed E-state index contributed by atoms with van der Waals surface area (Å²) in [4.78, 5) is 26.0. The third-order valence-electron chi connectivity index (χ3n) is 1.81. The lowest BCUT2D eigenvalue weighted by atomic mass is 10.1. The fourth-order valence-corrected chi connectivity index (χ4v) is 1.15. The predicted molar refractivity (Wildman–Crippen MR) is 54.2 cm³/mol. The Morgan fingerprint density at radius 1 is 1.44 bits per heavy atom. The molecule has 0 aromatic carbocycles. The number of esters is 1. The van der Waals surface area contributed by atoms with Crippen molar-refractivity contribution in [1.82, 2.24) is 4.98 Å². The molecule has 0 aliphatic heterocycles. The minimum atomic E-state index is -0.547. The van der Waals surface area contributed by atoms with Gasteiger partial charge in [0.25, 0.3) is 0 Å². The average molecular weight is 225 g/mol. The Kier molecular flexibility index (Phi) is 4.57. The fourth-order valence-electron chi connectivity index (χ4n) is 1.15. The number of hydrogen-bond donors (Lipinski definition) is 0. The second kappa shape index (κ2) is 5.95. The number of hydrogen-bond acceptors (Lipinski definition) is 4. The molecule has 0 saturated heterocycles. The molecule has 0 saturated carbocycles. The second-order valence-corrected chi connectivity index (χ2v) is 3.17. The van der Waals surface area contributed by atoms with Crippen LogP contribution in [0.15, 0.2) is 18.3 Å². The number of ketones is 1. The Balaban J connectivity index is 2.45. The molecule has 0 amide bonds. The van der Waals surface area contributed by atoms with E-state index in [2.05, 4.69) is 9.72 Å². The van der Waals surface area contributed by atoms with E-state index in [1.807, 2.05) is 0 Å². The molecule has 5 heteroatoms. The Morgan fingerprint density at radius 2 is 2.19 bits per heavy atom. The van der Waals surface area contributed by atoms with E-state index in [0.717, 1.165) is 6.20 Å². The topological polar surface area (TPSA) is 56.3 Å². The standard InChI is InChI=1S/C11H12FNO3/c1-2-16-11(15)6-10(14)5-9-4-3-8(12)7-13-9/h3-4,7H,2,5-6H2,1H3. The van der Waals surface area contributed by atoms with Gasteiger partial charge in [0.1, 0.15) is 18.0 Å². The van der Waals surface area contributed by atoms with Crippen LogP contribution in [0.5, 0.6) is 0 Å². The van der Waals surface area contributed by atoms with Crippen LogP contribution in [0, 0.1) is 5.82 Å². The molecule has 0 unspecified atom stereocenters. The van der Waals surface area contributed by atoms with Crippen molar-refractivity contribution in [3.63, 3.8) is 0 Å². The Morgan fingerprint density at radius 3 is 2.75 bits per heavy atom. The number of halogens is 1. The van der Waals surface area contributed by atoms with E-state index in [1.165, 1.54) is 12.1 Å². The largest absolute Gasteiger partial charge is 0.466 e. The summed E-state index contributed by atoms with van der Waals surface area (Å²) in [5, 5.41) is 0. The molecule has 1 rings (SSSR count). The van der Waals surface area contributed by atoms with E-state index < -0.39 is 11.8 Å². The number of carbonyl (C=O) groups excluding carboxylic acids is 2. The quantitative estimate of drug-likeness (QED) is 0.559. The van der Waals surface area contributed by atoms with Crippen molar-refractivity contribution in [2.45, 2.75) is 19.8 Å². The first-order chi connectivity index (χ1) is 7.61. The van der Waals surface area contributed by atoms with Gasteiger partial charge in [-0.15, -0.1) is 0 Å². The highest BCUT2D eigenvalue weighted by atomic mass is 19.1. The molecular weight excluding hydrogens is 213 g/mol. The third-order valence-corrected chi connectivity index (χ3v) is 1.81. The molecule has 1 heterocycles. The molecule has 0 spiro atoms. The van der Waals surface area contributed by atoms with Gasteiger partial charge < -0.3 is 4.74 Å². The number of nitrogens with zero attached hydrogens (tertiary/aromatic N) is 1. The first kappa shape index (κ1) is 12.3. The van der Waals surface area contributed by atoms with Crippen molar-refractivity contribution in [3.8, 4) is 0 Å². The Hall–Kier alpha value is -1.78. The van der Waals surface area contributed by atoms with Crippen molar-refractivity contribution in [1.29, 1.82) is 0 Å². The summed E-state index contributed by atoms with van der Waals surface area (Å²) in [5.74, 6) is -1.30. The van der Waals surface area contributed by atoms with Crippen LogP contribution < -0.4 is 0 Å². The number of ether oxygens (including phenoxy) is 1. The van der Waals surface area contributed by atoms with Crippen molar-refractivity contribution in [2.75, 3.05) is 6.61 Å². The van der Waals surface area contributed by atoms with Crippen molar-refractivity contribution in [3.05, 3.63) is 29.8 Å². The van der Waals surface area contributed by atoms with E-state index in [0.29, 0.717) is 5.69 Å². The van der Waals surface area contributed by atoms with Gasteiger partial charge in [-0.2, -0.15) is 0 Å². The molecule has 16 heavy (non-hydrogen) atoms. The van der Waals surface area contributed by atoms with E-state index in [1.54, 1.807) is 6.92 Å². The van der Waals surface area contributed by atoms with Gasteiger partial charge >= 0.3 is 5.97 Å². The molecule has 0 atom stereocenters. The van der Waals surface area contributed by atoms with Gasteiger partial charge in [0.2, 0.25) is 0 Å². The summed E-state index contributed by atoms with van der Waals surface area (Å²) in [6.07, 6.45) is 0.777. The summed E-state index contributed by atoms with van der Waals surface area (Å²) in [5.41, 5.74) is 0.440. The Labute approximate surface area is 92.4 Å². The van der Waals surface area contributed by atoms with Gasteiger partial charge in [0, 0.05) is 12.1 Å². The predicted octanol–water partition coefficient (Wildman–Crippen LogP) is 1.29. The highest BCUT2D eigenvalue weighted by Crippen LogP contribution is 2.01. The summed E-state index contributed by atoms with van der Waals surface area (Å²) in [6, 6.07) is 2.64. The second-order valence-electron chi connectivity index (χ2n) is 3.17. The van der Waals surface area contributed by atoms with Crippen molar-refractivity contribution >= 4 is 11.8 Å². The van der Waals surface area contributed by atoms with Crippen LogP contribution in [0.2, 0.25) is 0 Å². The van der Waals surface area contributed by atoms with Crippen LogP contribution in [-0.4, -0.2) is 23.3 Å². The maximum Gasteiger partial charge on any atom is 0.313 e. The minimum absolute atomic E-state index is 0.0130. The monoisotopic (exact) mass is 225 g/mol. The molecule has 86 valence electrons. The molecule has 0 radical (unpaired) electrons. The lowest BCUT2D eigenvalue weighted by Crippen LogP contribution is -2.13. The smallest absolute Gasteiger partial charge is 0.313 e. The molecule has 0 aliphatic carbocycles. The fraction of sp³-hybridized carbons (Fsp3) is 0.364. The zero-order valence-corrected chi connectivity index (χ0v) is 8.90. The number of carbonyl (C=O) groups is 2. The third kappa shape index (κ3) is 4.16. The highest BCUT2D eigenvalue weighted by molar-refractivity contribution is 5.96. The van der Waals surface area contributed by atoms with Crippen LogP contribution in [0.25, 0.3) is 0 Å². The lowest BCUT2D eigenvalue weighted by molar-refractivity contribution is -0.145. The zero-order valence-electron chi connectivity index (χ0n) is 8.90. The van der Waals surface area contributed by atoms with E-state index >= 15 is 0 Å². The summed E-state index contributed by atoms with van der Waals surface area (Å²) in [7, 11) is 0. The first-order valence-electron chi connectivity index (χ1n) is 4.89. The maximum absolute atomic E-state index is 12.5.